The van der Waals surface area contributed by atoms with Crippen LogP contribution in [-0.4, -0.2) is 51.3 Å². The van der Waals surface area contributed by atoms with E-state index in [2.05, 4.69) is 22.5 Å². The van der Waals surface area contributed by atoms with Crippen LogP contribution < -0.4 is 10.6 Å². The molecule has 3 amide bonds. The van der Waals surface area contributed by atoms with Crippen LogP contribution in [0.25, 0.3) is 0 Å². The van der Waals surface area contributed by atoms with E-state index in [-0.39, 0.29) is 17.7 Å². The Balaban J connectivity index is 1.79. The van der Waals surface area contributed by atoms with E-state index in [1.54, 1.807) is 17.1 Å². The van der Waals surface area contributed by atoms with E-state index >= 15 is 0 Å². The largest absolute Gasteiger partial charge is 0.344 e. The average molecular weight is 482 g/mol. The Morgan fingerprint density at radius 1 is 1.11 bits per heavy atom. The van der Waals surface area contributed by atoms with Gasteiger partial charge in [0.1, 0.15) is 12.1 Å². The lowest BCUT2D eigenvalue weighted by molar-refractivity contribution is -0.135. The third-order valence-electron chi connectivity index (χ3n) is 6.48. The summed E-state index contributed by atoms with van der Waals surface area (Å²) in [6.07, 6.45) is 6.53. The van der Waals surface area contributed by atoms with E-state index in [0.717, 1.165) is 37.9 Å². The zero-order valence-electron chi connectivity index (χ0n) is 21.6. The molecule has 1 aliphatic rings. The van der Waals surface area contributed by atoms with Crippen molar-refractivity contribution in [2.75, 3.05) is 18.4 Å². The lowest BCUT2D eigenvalue weighted by Crippen LogP contribution is -2.47. The fourth-order valence-corrected chi connectivity index (χ4v) is 4.17. The zero-order chi connectivity index (χ0) is 25.6. The summed E-state index contributed by atoms with van der Waals surface area (Å²) >= 11 is 0. The summed E-state index contributed by atoms with van der Waals surface area (Å²) in [6, 6.07) is 8.42. The lowest BCUT2D eigenvalue weighted by atomic mass is 9.95. The minimum Gasteiger partial charge on any atom is -0.344 e. The number of piperidine rings is 1. The number of benzene rings is 1. The maximum Gasteiger partial charge on any atom is 0.250 e. The van der Waals surface area contributed by atoms with Crippen LogP contribution in [0.3, 0.4) is 0 Å². The highest BCUT2D eigenvalue weighted by Crippen LogP contribution is 2.26. The Kier molecular flexibility index (Phi) is 8.70. The zero-order valence-corrected chi connectivity index (χ0v) is 21.6. The van der Waals surface area contributed by atoms with E-state index in [0.29, 0.717) is 18.2 Å². The second kappa shape index (κ2) is 11.5. The molecule has 1 unspecified atom stereocenters. The number of carbonyl (C=O) groups excluding carboxylic acids is 3. The maximum absolute atomic E-state index is 13.6. The second-order valence-corrected chi connectivity index (χ2v) is 10.6. The molecular weight excluding hydrogens is 442 g/mol. The van der Waals surface area contributed by atoms with Crippen molar-refractivity contribution in [3.63, 3.8) is 0 Å². The molecule has 2 aromatic rings. The van der Waals surface area contributed by atoms with Gasteiger partial charge in [0.05, 0.1) is 6.33 Å². The topological polar surface area (TPSA) is 96.3 Å². The first-order valence-electron chi connectivity index (χ1n) is 12.6. The number of nitrogens with one attached hydrogen (secondary N) is 2. The highest BCUT2D eigenvalue weighted by atomic mass is 16.2. The van der Waals surface area contributed by atoms with Crippen LogP contribution in [0, 0.1) is 11.3 Å². The van der Waals surface area contributed by atoms with Gasteiger partial charge in [-0.05, 0) is 30.7 Å². The van der Waals surface area contributed by atoms with Crippen LogP contribution in [0.5, 0.6) is 0 Å². The second-order valence-electron chi connectivity index (χ2n) is 10.6. The van der Waals surface area contributed by atoms with Crippen molar-refractivity contribution in [3.05, 3.63) is 48.4 Å². The number of anilines is 1. The highest BCUT2D eigenvalue weighted by molar-refractivity contribution is 5.97. The van der Waals surface area contributed by atoms with Gasteiger partial charge in [-0.2, -0.15) is 0 Å². The molecular formula is C27H39N5O3. The number of nitrogens with zero attached hydrogens (tertiary/aromatic N) is 3. The lowest BCUT2D eigenvalue weighted by Gasteiger charge is -2.33. The van der Waals surface area contributed by atoms with Gasteiger partial charge in [-0.15, -0.1) is 0 Å². The van der Waals surface area contributed by atoms with Crippen LogP contribution in [0.2, 0.25) is 0 Å². The SMILES string of the molecule is CCC[C@@H](NC(=O)C(C)(C)C)C(=O)Nc1cn(C(C(=O)N2CCC(C)CC2)c2ccccc2)cn1. The summed E-state index contributed by atoms with van der Waals surface area (Å²) in [5.41, 5.74) is 0.274. The number of aromatic nitrogens is 2. The molecule has 0 bridgehead atoms. The molecule has 1 aliphatic heterocycles. The van der Waals surface area contributed by atoms with Gasteiger partial charge in [-0.3, -0.25) is 14.4 Å². The molecule has 1 fully saturated rings. The molecule has 1 aromatic heterocycles. The number of rotatable bonds is 8. The van der Waals surface area contributed by atoms with Crippen molar-refractivity contribution in [1.29, 1.82) is 0 Å². The molecule has 8 nitrogen and oxygen atoms in total. The fourth-order valence-electron chi connectivity index (χ4n) is 4.17. The number of hydrogen-bond donors (Lipinski definition) is 2. The van der Waals surface area contributed by atoms with Gasteiger partial charge in [-0.1, -0.05) is 71.4 Å². The van der Waals surface area contributed by atoms with Crippen molar-refractivity contribution in [3.8, 4) is 0 Å². The van der Waals surface area contributed by atoms with E-state index < -0.39 is 17.5 Å². The number of amides is 3. The Morgan fingerprint density at radius 2 is 1.77 bits per heavy atom. The van der Waals surface area contributed by atoms with Gasteiger partial charge < -0.3 is 20.1 Å². The van der Waals surface area contributed by atoms with Crippen LogP contribution in [0.15, 0.2) is 42.9 Å². The molecule has 190 valence electrons. The van der Waals surface area contributed by atoms with Gasteiger partial charge in [0.15, 0.2) is 5.82 Å². The maximum atomic E-state index is 13.6. The highest BCUT2D eigenvalue weighted by Gasteiger charge is 2.31. The smallest absolute Gasteiger partial charge is 0.250 e. The Labute approximate surface area is 208 Å². The Bertz CT molecular complexity index is 1000. The minimum atomic E-state index is -0.654. The quantitative estimate of drug-likeness (QED) is 0.596. The molecule has 8 heteroatoms. The third-order valence-corrected chi connectivity index (χ3v) is 6.48. The molecule has 0 saturated carbocycles. The van der Waals surface area contributed by atoms with Gasteiger partial charge in [-0.25, -0.2) is 4.98 Å². The molecule has 35 heavy (non-hydrogen) atoms. The van der Waals surface area contributed by atoms with Crippen LogP contribution in [0.1, 0.15) is 71.9 Å². The van der Waals surface area contributed by atoms with Crippen LogP contribution in [0.4, 0.5) is 5.82 Å². The number of likely N-dealkylation sites (tertiary alicyclic amines) is 1. The van der Waals surface area contributed by atoms with Crippen molar-refractivity contribution in [2.45, 2.75) is 72.4 Å². The molecule has 0 aliphatic carbocycles. The average Bonchev–Trinajstić information content (AvgIpc) is 3.27. The molecule has 2 heterocycles. The summed E-state index contributed by atoms with van der Waals surface area (Å²) in [4.78, 5) is 45.3. The van der Waals surface area contributed by atoms with Gasteiger partial charge in [0.25, 0.3) is 0 Å². The third kappa shape index (κ3) is 6.93. The first-order valence-corrected chi connectivity index (χ1v) is 12.6. The van der Waals surface area contributed by atoms with Gasteiger partial charge in [0.2, 0.25) is 17.7 Å². The Morgan fingerprint density at radius 3 is 2.37 bits per heavy atom. The van der Waals surface area contributed by atoms with Gasteiger partial charge >= 0.3 is 0 Å². The summed E-state index contributed by atoms with van der Waals surface area (Å²) in [6.45, 7) is 11.1. The number of carbonyl (C=O) groups is 3. The molecule has 0 radical (unpaired) electrons. The van der Waals surface area contributed by atoms with E-state index in [1.807, 2.05) is 62.9 Å². The number of hydrogen-bond acceptors (Lipinski definition) is 4. The standard InChI is InChI=1S/C27H39N5O3/c1-6-10-21(29-26(35)27(3,4)5)24(33)30-22-17-32(18-28-22)23(20-11-8-7-9-12-20)25(34)31-15-13-19(2)14-16-31/h7-9,11-12,17-19,21,23H,6,10,13-16H2,1-5H3,(H,29,35)(H,30,33)/t21-,23?/m1/s1. The summed E-state index contributed by atoms with van der Waals surface area (Å²) < 4.78 is 1.76. The molecule has 2 N–H and O–H groups in total. The molecule has 2 atom stereocenters. The first-order chi connectivity index (χ1) is 16.6. The van der Waals surface area contributed by atoms with E-state index in [9.17, 15) is 14.4 Å². The number of imidazole rings is 1. The van der Waals surface area contributed by atoms with Crippen molar-refractivity contribution < 1.29 is 14.4 Å². The van der Waals surface area contributed by atoms with Crippen LogP contribution in [-0.2, 0) is 14.4 Å². The molecule has 3 rings (SSSR count). The van der Waals surface area contributed by atoms with Gasteiger partial charge in [0, 0.05) is 24.7 Å². The monoisotopic (exact) mass is 481 g/mol. The summed E-state index contributed by atoms with van der Waals surface area (Å²) in [7, 11) is 0. The summed E-state index contributed by atoms with van der Waals surface area (Å²) in [5.74, 6) is 0.505. The van der Waals surface area contributed by atoms with E-state index in [1.165, 1.54) is 0 Å². The molecule has 1 aromatic carbocycles. The van der Waals surface area contributed by atoms with Crippen LogP contribution >= 0.6 is 0 Å². The predicted molar refractivity (Wildman–Crippen MR) is 137 cm³/mol. The normalized spacial score (nSPS) is 16.4. The Hall–Kier alpha value is -3.16. The predicted octanol–water partition coefficient (Wildman–Crippen LogP) is 4.00. The van der Waals surface area contributed by atoms with Crippen molar-refractivity contribution >= 4 is 23.5 Å². The van der Waals surface area contributed by atoms with E-state index in [4.69, 9.17) is 0 Å². The first kappa shape index (κ1) is 26.4. The van der Waals surface area contributed by atoms with Crippen molar-refractivity contribution in [1.82, 2.24) is 19.8 Å². The molecule has 1 saturated heterocycles. The summed E-state index contributed by atoms with van der Waals surface area (Å²) in [5, 5.41) is 5.68. The molecule has 0 spiro atoms. The minimum absolute atomic E-state index is 0.0275. The fraction of sp³-hybridized carbons (Fsp3) is 0.556. The van der Waals surface area contributed by atoms with Crippen molar-refractivity contribution in [2.24, 2.45) is 11.3 Å².